The number of rotatable bonds is 8. The molecule has 9 heteroatoms. The van der Waals surface area contributed by atoms with Gasteiger partial charge in [-0.2, -0.15) is 0 Å². The van der Waals surface area contributed by atoms with Gasteiger partial charge in [-0.25, -0.2) is 9.59 Å². The van der Waals surface area contributed by atoms with E-state index < -0.39 is 24.5 Å². The lowest BCUT2D eigenvalue weighted by atomic mass is 10.2. The van der Waals surface area contributed by atoms with Gasteiger partial charge in [0, 0.05) is 16.8 Å². The molecule has 0 saturated heterocycles. The van der Waals surface area contributed by atoms with Crippen LogP contribution in [0.2, 0.25) is 0 Å². The molecule has 1 aromatic heterocycles. The first-order valence-electron chi connectivity index (χ1n) is 8.08. The number of anilines is 2. The fraction of sp³-hybridized carbons (Fsp3) is 0.278. The van der Waals surface area contributed by atoms with Crippen molar-refractivity contribution in [3.8, 4) is 0 Å². The van der Waals surface area contributed by atoms with E-state index in [-0.39, 0.29) is 12.2 Å². The predicted octanol–water partition coefficient (Wildman–Crippen LogP) is 3.72. The van der Waals surface area contributed by atoms with Crippen molar-refractivity contribution in [3.05, 3.63) is 46.3 Å². The summed E-state index contributed by atoms with van der Waals surface area (Å²) in [5.74, 6) is -1.65. The normalized spacial score (nSPS) is 10.2. The number of amides is 1. The van der Waals surface area contributed by atoms with E-state index in [9.17, 15) is 14.4 Å². The average molecular weight is 409 g/mol. The minimum Gasteiger partial charge on any atom is -0.462 e. The highest BCUT2D eigenvalue weighted by Gasteiger charge is 2.19. The largest absolute Gasteiger partial charge is 0.462 e. The highest BCUT2D eigenvalue weighted by molar-refractivity contribution is 7.99. The van der Waals surface area contributed by atoms with Crippen LogP contribution in [0.3, 0.4) is 0 Å². The Kier molecular flexibility index (Phi) is 7.68. The first-order valence-corrected chi connectivity index (χ1v) is 10.1. The van der Waals surface area contributed by atoms with E-state index in [1.807, 2.05) is 19.2 Å². The molecule has 144 valence electrons. The van der Waals surface area contributed by atoms with Gasteiger partial charge < -0.3 is 19.5 Å². The molecule has 0 spiro atoms. The molecule has 7 nitrogen and oxygen atoms in total. The smallest absolute Gasteiger partial charge is 0.341 e. The zero-order chi connectivity index (χ0) is 19.8. The van der Waals surface area contributed by atoms with Gasteiger partial charge in [-0.05, 0) is 38.1 Å². The molecular weight excluding hydrogens is 388 g/mol. The Morgan fingerprint density at radius 2 is 1.93 bits per heavy atom. The van der Waals surface area contributed by atoms with Crippen molar-refractivity contribution in [1.82, 2.24) is 0 Å². The first kappa shape index (κ1) is 20.8. The maximum absolute atomic E-state index is 12.1. The lowest BCUT2D eigenvalue weighted by Crippen LogP contribution is -2.21. The summed E-state index contributed by atoms with van der Waals surface area (Å²) in [6, 6.07) is 8.42. The molecule has 1 amide bonds. The van der Waals surface area contributed by atoms with Crippen LogP contribution in [-0.4, -0.2) is 37.3 Å². The second kappa shape index (κ2) is 9.98. The van der Waals surface area contributed by atoms with Gasteiger partial charge >= 0.3 is 11.9 Å². The van der Waals surface area contributed by atoms with Gasteiger partial charge in [0.15, 0.2) is 6.61 Å². The third-order valence-corrected chi connectivity index (χ3v) is 4.66. The summed E-state index contributed by atoms with van der Waals surface area (Å²) >= 11 is 2.65. The van der Waals surface area contributed by atoms with Gasteiger partial charge in [0.05, 0.1) is 17.7 Å². The molecule has 0 saturated carbocycles. The third kappa shape index (κ3) is 6.00. The van der Waals surface area contributed by atoms with E-state index in [1.165, 1.54) is 23.3 Å². The number of ether oxygens (including phenoxy) is 2. The minimum absolute atomic E-state index is 0.239. The number of carbonyl (C=O) groups is 3. The van der Waals surface area contributed by atoms with Crippen LogP contribution in [0.25, 0.3) is 0 Å². The molecule has 1 aromatic carbocycles. The summed E-state index contributed by atoms with van der Waals surface area (Å²) < 4.78 is 13.0. The summed E-state index contributed by atoms with van der Waals surface area (Å²) in [5.41, 5.74) is 1.38. The monoisotopic (exact) mass is 408 g/mol. The Bertz CT molecular complexity index is 835. The molecule has 0 aliphatic heterocycles. The van der Waals surface area contributed by atoms with E-state index in [2.05, 4.69) is 10.0 Å². The Morgan fingerprint density at radius 3 is 2.63 bits per heavy atom. The van der Waals surface area contributed by atoms with E-state index in [0.29, 0.717) is 10.6 Å². The summed E-state index contributed by atoms with van der Waals surface area (Å²) in [6.45, 7) is 3.30. The van der Waals surface area contributed by atoms with Gasteiger partial charge in [-0.1, -0.05) is 18.0 Å². The summed E-state index contributed by atoms with van der Waals surface area (Å²) in [7, 11) is 0. The number of aryl methyl sites for hydroxylation is 1. The van der Waals surface area contributed by atoms with Crippen molar-refractivity contribution in [1.29, 1.82) is 0 Å². The maximum Gasteiger partial charge on any atom is 0.341 e. The van der Waals surface area contributed by atoms with Crippen LogP contribution in [0.4, 0.5) is 10.7 Å². The lowest BCUT2D eigenvalue weighted by Gasteiger charge is -2.08. The van der Waals surface area contributed by atoms with Crippen molar-refractivity contribution in [2.45, 2.75) is 13.8 Å². The zero-order valence-electron chi connectivity index (χ0n) is 15.2. The molecule has 2 N–H and O–H groups in total. The molecule has 0 radical (unpaired) electrons. The molecule has 0 aliphatic carbocycles. The van der Waals surface area contributed by atoms with Crippen LogP contribution in [-0.2, 0) is 14.3 Å². The molecule has 0 bridgehead atoms. The van der Waals surface area contributed by atoms with Gasteiger partial charge in [-0.3, -0.25) is 4.79 Å². The van der Waals surface area contributed by atoms with E-state index in [0.717, 1.165) is 10.6 Å². The number of esters is 2. The average Bonchev–Trinajstić information content (AvgIpc) is 3.00. The Morgan fingerprint density at radius 1 is 1.15 bits per heavy atom. The zero-order valence-corrected chi connectivity index (χ0v) is 16.8. The second-order valence-corrected chi connectivity index (χ2v) is 7.20. The summed E-state index contributed by atoms with van der Waals surface area (Å²) in [5, 5.41) is 2.97. The highest BCUT2D eigenvalue weighted by atomic mass is 32.2. The molecule has 0 unspecified atom stereocenters. The van der Waals surface area contributed by atoms with E-state index in [1.54, 1.807) is 31.2 Å². The Labute approximate surface area is 165 Å². The number of carbonyl (C=O) groups excluding carboxylic acids is 3. The number of hydrogen-bond acceptors (Lipinski definition) is 8. The minimum atomic E-state index is -0.608. The van der Waals surface area contributed by atoms with Gasteiger partial charge in [0.2, 0.25) is 0 Å². The number of thiophene rings is 1. The molecule has 2 rings (SSSR count). The van der Waals surface area contributed by atoms with Crippen LogP contribution < -0.4 is 10.0 Å². The van der Waals surface area contributed by atoms with Crippen molar-refractivity contribution in [2.24, 2.45) is 0 Å². The SMILES string of the molecule is CCOC(=O)c1cc(C)sc1NC(=O)COC(=O)c1cccc(NSC)c1. The maximum atomic E-state index is 12.1. The van der Waals surface area contributed by atoms with Crippen LogP contribution >= 0.6 is 23.3 Å². The first-order chi connectivity index (χ1) is 12.9. The van der Waals surface area contributed by atoms with E-state index in [4.69, 9.17) is 9.47 Å². The molecule has 0 atom stereocenters. The molecule has 0 aliphatic rings. The van der Waals surface area contributed by atoms with Gasteiger partial charge in [-0.15, -0.1) is 11.3 Å². The van der Waals surface area contributed by atoms with Crippen molar-refractivity contribution in [3.63, 3.8) is 0 Å². The predicted molar refractivity (Wildman–Crippen MR) is 108 cm³/mol. The Balaban J connectivity index is 1.96. The quantitative estimate of drug-likeness (QED) is 0.508. The molecule has 2 aromatic rings. The molecule has 1 heterocycles. The number of hydrogen-bond donors (Lipinski definition) is 2. The van der Waals surface area contributed by atoms with Crippen LogP contribution in [0.15, 0.2) is 30.3 Å². The van der Waals surface area contributed by atoms with Crippen molar-refractivity contribution in [2.75, 3.05) is 29.5 Å². The molecule has 27 heavy (non-hydrogen) atoms. The molecular formula is C18H20N2O5S2. The fourth-order valence-corrected chi connectivity index (χ4v) is 3.45. The van der Waals surface area contributed by atoms with Crippen molar-refractivity contribution < 1.29 is 23.9 Å². The van der Waals surface area contributed by atoms with Crippen LogP contribution in [0.5, 0.6) is 0 Å². The lowest BCUT2D eigenvalue weighted by molar-refractivity contribution is -0.119. The number of nitrogens with one attached hydrogen (secondary N) is 2. The topological polar surface area (TPSA) is 93.7 Å². The number of benzene rings is 1. The highest BCUT2D eigenvalue weighted by Crippen LogP contribution is 2.28. The van der Waals surface area contributed by atoms with Crippen LogP contribution in [0, 0.1) is 6.92 Å². The van der Waals surface area contributed by atoms with E-state index >= 15 is 0 Å². The fourth-order valence-electron chi connectivity index (χ4n) is 2.17. The van der Waals surface area contributed by atoms with Gasteiger partial charge in [0.25, 0.3) is 5.91 Å². The van der Waals surface area contributed by atoms with Crippen LogP contribution in [0.1, 0.15) is 32.5 Å². The molecule has 0 fully saturated rings. The summed E-state index contributed by atoms with van der Waals surface area (Å²) in [4.78, 5) is 37.0. The standard InChI is InChI=1S/C18H20N2O5S2/c1-4-24-18(23)14-8-11(2)27-16(14)19-15(21)10-25-17(22)12-6-5-7-13(9-12)20-26-3/h5-9,20H,4,10H2,1-3H3,(H,19,21). The summed E-state index contributed by atoms with van der Waals surface area (Å²) in [6.07, 6.45) is 1.87. The third-order valence-electron chi connectivity index (χ3n) is 3.26. The van der Waals surface area contributed by atoms with Gasteiger partial charge in [0.1, 0.15) is 5.00 Å². The van der Waals surface area contributed by atoms with Crippen molar-refractivity contribution >= 4 is 51.8 Å². The Hall–Kier alpha value is -2.52. The second-order valence-electron chi connectivity index (χ2n) is 5.33.